The van der Waals surface area contributed by atoms with E-state index in [2.05, 4.69) is 10.4 Å². The van der Waals surface area contributed by atoms with Gasteiger partial charge in [0.2, 0.25) is 0 Å². The quantitative estimate of drug-likeness (QED) is 0.657. The van der Waals surface area contributed by atoms with Crippen LogP contribution in [0.15, 0.2) is 36.5 Å². The molecule has 21 heavy (non-hydrogen) atoms. The van der Waals surface area contributed by atoms with Crippen molar-refractivity contribution in [1.29, 1.82) is 0 Å². The van der Waals surface area contributed by atoms with Gasteiger partial charge in [-0.25, -0.2) is 10.4 Å². The Bertz CT molecular complexity index is 574. The normalized spacial score (nSPS) is 14.9. The second-order valence-corrected chi connectivity index (χ2v) is 5.34. The molecule has 8 heteroatoms. The number of ether oxygens (including phenoxy) is 1. The molecule has 3 N–H and O–H groups in total. The van der Waals surface area contributed by atoms with Crippen molar-refractivity contribution in [1.82, 2.24) is 10.4 Å². The molecule has 0 saturated heterocycles. The van der Waals surface area contributed by atoms with Crippen molar-refractivity contribution < 1.29 is 17.9 Å². The van der Waals surface area contributed by atoms with Crippen LogP contribution >= 0.6 is 11.3 Å². The molecule has 0 amide bonds. The highest BCUT2D eigenvalue weighted by Gasteiger charge is 2.36. The van der Waals surface area contributed by atoms with Gasteiger partial charge in [0, 0.05) is 18.2 Å². The summed E-state index contributed by atoms with van der Waals surface area (Å²) in [7, 11) is 1.48. The van der Waals surface area contributed by atoms with Crippen LogP contribution in [0.2, 0.25) is 0 Å². The average molecular weight is 317 g/mol. The lowest BCUT2D eigenvalue weighted by atomic mass is 10.0. The number of halogens is 3. The molecule has 0 aliphatic heterocycles. The second-order valence-electron chi connectivity index (χ2n) is 4.28. The zero-order chi connectivity index (χ0) is 15.5. The molecular weight excluding hydrogens is 303 g/mol. The van der Waals surface area contributed by atoms with Crippen LogP contribution in [0.1, 0.15) is 27.6 Å². The van der Waals surface area contributed by atoms with Crippen LogP contribution in [0.5, 0.6) is 0 Å². The van der Waals surface area contributed by atoms with Gasteiger partial charge < -0.3 is 4.74 Å². The van der Waals surface area contributed by atoms with Gasteiger partial charge in [-0.3, -0.25) is 5.84 Å². The Morgan fingerprint density at radius 2 is 1.95 bits per heavy atom. The van der Waals surface area contributed by atoms with Crippen LogP contribution in [0.4, 0.5) is 13.2 Å². The Morgan fingerprint density at radius 3 is 2.43 bits per heavy atom. The third-order valence-electron chi connectivity index (χ3n) is 2.94. The molecule has 114 valence electrons. The molecule has 0 bridgehead atoms. The molecule has 2 atom stereocenters. The van der Waals surface area contributed by atoms with Crippen LogP contribution in [-0.4, -0.2) is 12.1 Å². The molecule has 2 unspecified atom stereocenters. The minimum atomic E-state index is -4.46. The number of hydrazine groups is 1. The lowest BCUT2D eigenvalue weighted by Crippen LogP contribution is -2.32. The largest absolute Gasteiger partial charge is 0.443 e. The molecular formula is C13H14F3N3OS. The van der Waals surface area contributed by atoms with Gasteiger partial charge in [-0.15, -0.1) is 11.3 Å². The van der Waals surface area contributed by atoms with Crippen LogP contribution < -0.4 is 11.3 Å². The van der Waals surface area contributed by atoms with E-state index in [0.29, 0.717) is 16.2 Å². The fourth-order valence-electron chi connectivity index (χ4n) is 1.99. The smallest absolute Gasteiger partial charge is 0.375 e. The second kappa shape index (κ2) is 6.52. The number of methoxy groups -OCH3 is 1. The summed E-state index contributed by atoms with van der Waals surface area (Å²) in [5, 5.41) is -0.902. The first-order chi connectivity index (χ1) is 9.97. The number of rotatable bonds is 5. The molecule has 2 aromatic rings. The summed E-state index contributed by atoms with van der Waals surface area (Å²) in [5.74, 6) is 5.50. The Kier molecular flexibility index (Phi) is 4.94. The van der Waals surface area contributed by atoms with E-state index < -0.39 is 23.3 Å². The van der Waals surface area contributed by atoms with Crippen molar-refractivity contribution in [3.8, 4) is 0 Å². The summed E-state index contributed by atoms with van der Waals surface area (Å²) in [4.78, 5) is 3.77. The Hall–Kier alpha value is -1.48. The van der Waals surface area contributed by atoms with E-state index in [1.165, 1.54) is 13.3 Å². The van der Waals surface area contributed by atoms with E-state index >= 15 is 0 Å². The summed E-state index contributed by atoms with van der Waals surface area (Å²) in [6, 6.07) is 8.51. The average Bonchev–Trinajstić information content (AvgIpc) is 2.95. The number of nitrogens with one attached hydrogen (secondary N) is 1. The molecule has 0 aliphatic rings. The third kappa shape index (κ3) is 3.59. The summed E-state index contributed by atoms with van der Waals surface area (Å²) in [6.07, 6.45) is -3.80. The summed E-state index contributed by atoms with van der Waals surface area (Å²) in [6.45, 7) is 0. The molecule has 0 radical (unpaired) electrons. The van der Waals surface area contributed by atoms with E-state index in [9.17, 15) is 13.2 Å². The number of aromatic nitrogens is 1. The predicted octanol–water partition coefficient (Wildman–Crippen LogP) is 3.05. The summed E-state index contributed by atoms with van der Waals surface area (Å²) >= 11 is 0.552. The van der Waals surface area contributed by atoms with Crippen molar-refractivity contribution in [3.05, 3.63) is 52.0 Å². The predicted molar refractivity (Wildman–Crippen MR) is 73.4 cm³/mol. The summed E-state index contributed by atoms with van der Waals surface area (Å²) in [5.41, 5.74) is 3.32. The highest BCUT2D eigenvalue weighted by molar-refractivity contribution is 7.11. The van der Waals surface area contributed by atoms with Crippen molar-refractivity contribution in [2.45, 2.75) is 18.3 Å². The fraction of sp³-hybridized carbons (Fsp3) is 0.308. The van der Waals surface area contributed by atoms with Gasteiger partial charge >= 0.3 is 6.18 Å². The van der Waals surface area contributed by atoms with Crippen molar-refractivity contribution in [3.63, 3.8) is 0 Å². The number of thiazole rings is 1. The zero-order valence-corrected chi connectivity index (χ0v) is 11.9. The minimum Gasteiger partial charge on any atom is -0.375 e. The number of hydrogen-bond acceptors (Lipinski definition) is 5. The highest BCUT2D eigenvalue weighted by atomic mass is 32.1. The first-order valence-corrected chi connectivity index (χ1v) is 6.85. The first kappa shape index (κ1) is 15.9. The third-order valence-corrected chi connectivity index (χ3v) is 4.06. The molecule has 4 nitrogen and oxygen atoms in total. The van der Waals surface area contributed by atoms with Crippen molar-refractivity contribution in [2.24, 2.45) is 5.84 Å². The van der Waals surface area contributed by atoms with Crippen LogP contribution in [0.25, 0.3) is 0 Å². The maximum atomic E-state index is 12.6. The Morgan fingerprint density at radius 1 is 1.29 bits per heavy atom. The van der Waals surface area contributed by atoms with E-state index in [0.717, 1.165) is 5.56 Å². The maximum absolute atomic E-state index is 12.6. The molecule has 2 rings (SSSR count). The van der Waals surface area contributed by atoms with Crippen LogP contribution in [0, 0.1) is 0 Å². The SMILES string of the molecule is COC(c1ccccc1)C(NN)c1cnc(C(F)(F)F)s1. The molecule has 0 spiro atoms. The fourth-order valence-corrected chi connectivity index (χ4v) is 2.86. The van der Waals surface area contributed by atoms with E-state index in [1.54, 1.807) is 0 Å². The molecule has 1 aromatic heterocycles. The lowest BCUT2D eigenvalue weighted by molar-refractivity contribution is -0.137. The molecule has 0 aliphatic carbocycles. The standard InChI is InChI=1S/C13H14F3N3OS/c1-20-11(8-5-3-2-4-6-8)10(19-17)9-7-18-12(21-9)13(14,15)16/h2-7,10-11,19H,17H2,1H3. The molecule has 1 aromatic carbocycles. The monoisotopic (exact) mass is 317 g/mol. The van der Waals surface area contributed by atoms with E-state index in [-0.39, 0.29) is 0 Å². The van der Waals surface area contributed by atoms with Gasteiger partial charge in [0.1, 0.15) is 6.10 Å². The van der Waals surface area contributed by atoms with Gasteiger partial charge in [0.25, 0.3) is 0 Å². The number of benzene rings is 1. The Labute approximate surface area is 123 Å². The summed E-state index contributed by atoms with van der Waals surface area (Å²) < 4.78 is 43.3. The number of alkyl halides is 3. The van der Waals surface area contributed by atoms with Gasteiger partial charge in [0.15, 0.2) is 5.01 Å². The van der Waals surface area contributed by atoms with E-state index in [1.807, 2.05) is 30.3 Å². The van der Waals surface area contributed by atoms with Crippen molar-refractivity contribution in [2.75, 3.05) is 7.11 Å². The number of nitrogens with two attached hydrogens (primary N) is 1. The van der Waals surface area contributed by atoms with Crippen LogP contribution in [0.3, 0.4) is 0 Å². The maximum Gasteiger partial charge on any atom is 0.443 e. The number of hydrogen-bond donors (Lipinski definition) is 2. The molecule has 0 saturated carbocycles. The highest BCUT2D eigenvalue weighted by Crippen LogP contribution is 2.38. The minimum absolute atomic E-state index is 0.362. The lowest BCUT2D eigenvalue weighted by Gasteiger charge is -2.24. The van der Waals surface area contributed by atoms with Gasteiger partial charge in [-0.05, 0) is 5.56 Å². The molecule has 1 heterocycles. The van der Waals surface area contributed by atoms with Crippen LogP contribution in [-0.2, 0) is 10.9 Å². The first-order valence-electron chi connectivity index (χ1n) is 6.04. The number of nitrogens with zero attached hydrogens (tertiary/aromatic N) is 1. The van der Waals surface area contributed by atoms with Gasteiger partial charge in [0.05, 0.1) is 6.04 Å². The van der Waals surface area contributed by atoms with E-state index in [4.69, 9.17) is 10.6 Å². The molecule has 0 fully saturated rings. The van der Waals surface area contributed by atoms with Gasteiger partial charge in [-0.1, -0.05) is 30.3 Å². The topological polar surface area (TPSA) is 60.2 Å². The Balaban J connectivity index is 2.32. The van der Waals surface area contributed by atoms with Gasteiger partial charge in [-0.2, -0.15) is 13.2 Å². The zero-order valence-electron chi connectivity index (χ0n) is 11.1. The van der Waals surface area contributed by atoms with Crippen molar-refractivity contribution >= 4 is 11.3 Å².